The van der Waals surface area contributed by atoms with Gasteiger partial charge < -0.3 is 9.40 Å². The molecule has 0 bridgehead atoms. The van der Waals surface area contributed by atoms with Gasteiger partial charge in [-0.3, -0.25) is 0 Å². The Labute approximate surface area is 154 Å². The first-order chi connectivity index (χ1) is 11.8. The number of aromatic nitrogens is 1. The van der Waals surface area contributed by atoms with E-state index in [1.165, 1.54) is 3.57 Å². The smallest absolute Gasteiger partial charge is 0.143 e. The summed E-state index contributed by atoms with van der Waals surface area (Å²) in [5.41, 5.74) is 3.42. The molecule has 0 saturated carbocycles. The van der Waals surface area contributed by atoms with Crippen molar-refractivity contribution < 1.29 is 4.84 Å². The van der Waals surface area contributed by atoms with E-state index in [0.717, 1.165) is 16.9 Å². The second kappa shape index (κ2) is 7.79. The van der Waals surface area contributed by atoms with Crippen LogP contribution in [0.4, 0.5) is 0 Å². The molecule has 0 radical (unpaired) electrons. The van der Waals surface area contributed by atoms with Gasteiger partial charge in [0.05, 0.1) is 23.5 Å². The largest absolute Gasteiger partial charge is 0.391 e. The van der Waals surface area contributed by atoms with Crippen LogP contribution in [0.15, 0.2) is 72.0 Å². The van der Waals surface area contributed by atoms with E-state index in [1.807, 2.05) is 41.1 Å². The molecule has 24 heavy (non-hydrogen) atoms. The molecule has 0 saturated heterocycles. The summed E-state index contributed by atoms with van der Waals surface area (Å²) in [6, 6.07) is 21.7. The predicted molar refractivity (Wildman–Crippen MR) is 102 cm³/mol. The van der Waals surface area contributed by atoms with Crippen LogP contribution in [0.2, 0.25) is 0 Å². The third-order valence-electron chi connectivity index (χ3n) is 3.50. The Hall–Kier alpha value is -2.59. The minimum Gasteiger partial charge on any atom is -0.391 e. The summed E-state index contributed by atoms with van der Waals surface area (Å²) in [7, 11) is 0. The van der Waals surface area contributed by atoms with Crippen molar-refractivity contribution in [3.63, 3.8) is 0 Å². The molecule has 0 atom stereocenters. The van der Waals surface area contributed by atoms with E-state index in [-0.39, 0.29) is 6.61 Å². The third kappa shape index (κ3) is 3.84. The second-order valence-corrected chi connectivity index (χ2v) is 6.30. The van der Waals surface area contributed by atoms with Crippen LogP contribution in [0.5, 0.6) is 0 Å². The lowest BCUT2D eigenvalue weighted by Crippen LogP contribution is -1.98. The maximum atomic E-state index is 9.06. The van der Waals surface area contributed by atoms with E-state index < -0.39 is 0 Å². The lowest BCUT2D eigenvalue weighted by molar-refractivity contribution is 0.132. The van der Waals surface area contributed by atoms with E-state index in [9.17, 15) is 0 Å². The topological polar surface area (TPSA) is 50.3 Å². The van der Waals surface area contributed by atoms with Crippen molar-refractivity contribution in [2.24, 2.45) is 5.16 Å². The van der Waals surface area contributed by atoms with Crippen molar-refractivity contribution in [3.8, 4) is 11.8 Å². The zero-order chi connectivity index (χ0) is 16.8. The average molecular weight is 427 g/mol. The van der Waals surface area contributed by atoms with Gasteiger partial charge in [0.1, 0.15) is 6.61 Å². The monoisotopic (exact) mass is 427 g/mol. The predicted octanol–water partition coefficient (Wildman–Crippen LogP) is 4.50. The van der Waals surface area contributed by atoms with Gasteiger partial charge in [-0.1, -0.05) is 23.4 Å². The molecule has 1 aromatic heterocycles. The maximum Gasteiger partial charge on any atom is 0.143 e. The molecule has 118 valence electrons. The molecule has 0 aliphatic carbocycles. The number of benzene rings is 2. The van der Waals surface area contributed by atoms with Crippen LogP contribution in [-0.2, 0) is 11.4 Å². The molecule has 0 spiro atoms. The summed E-state index contributed by atoms with van der Waals surface area (Å²) in [6.07, 6.45) is 3.65. The number of hydrogen-bond donors (Lipinski definition) is 0. The Morgan fingerprint density at radius 1 is 1.08 bits per heavy atom. The molecule has 2 aromatic carbocycles. The van der Waals surface area contributed by atoms with Crippen LogP contribution in [-0.4, -0.2) is 10.8 Å². The second-order valence-electron chi connectivity index (χ2n) is 5.06. The lowest BCUT2D eigenvalue weighted by atomic mass is 10.1. The van der Waals surface area contributed by atoms with Gasteiger partial charge in [0.15, 0.2) is 0 Å². The summed E-state index contributed by atoms with van der Waals surface area (Å²) >= 11 is 2.28. The molecule has 0 aliphatic heterocycles. The van der Waals surface area contributed by atoms with Gasteiger partial charge in [-0.15, -0.1) is 0 Å². The molecule has 5 heteroatoms. The molecule has 0 N–H and O–H groups in total. The first-order valence-corrected chi connectivity index (χ1v) is 8.42. The fraction of sp³-hybridized carbons (Fsp3) is 0.0526. The van der Waals surface area contributed by atoms with Gasteiger partial charge in [0.2, 0.25) is 0 Å². The normalized spacial score (nSPS) is 10.7. The summed E-state index contributed by atoms with van der Waals surface area (Å²) < 4.78 is 3.23. The first kappa shape index (κ1) is 16.3. The third-order valence-corrected chi connectivity index (χ3v) is 4.22. The zero-order valence-corrected chi connectivity index (χ0v) is 14.9. The summed E-state index contributed by atoms with van der Waals surface area (Å²) in [5, 5.41) is 13.1. The highest BCUT2D eigenvalue weighted by molar-refractivity contribution is 14.1. The molecule has 1 heterocycles. The van der Waals surface area contributed by atoms with Crippen LogP contribution in [0.25, 0.3) is 5.69 Å². The number of oxime groups is 1. The number of nitriles is 1. The highest BCUT2D eigenvalue weighted by atomic mass is 127. The van der Waals surface area contributed by atoms with Crippen LogP contribution in [0.1, 0.15) is 16.8 Å². The van der Waals surface area contributed by atoms with E-state index in [0.29, 0.717) is 5.56 Å². The Balaban J connectivity index is 1.69. The van der Waals surface area contributed by atoms with Crippen LogP contribution >= 0.6 is 22.6 Å². The first-order valence-electron chi connectivity index (χ1n) is 7.34. The quantitative estimate of drug-likeness (QED) is 0.342. The fourth-order valence-electron chi connectivity index (χ4n) is 2.29. The average Bonchev–Trinajstić information content (AvgIpc) is 3.08. The van der Waals surface area contributed by atoms with E-state index in [4.69, 9.17) is 10.1 Å². The zero-order valence-electron chi connectivity index (χ0n) is 12.8. The standard InChI is InChI=1S/C19H14IN3O/c20-17-7-9-18(10-8-17)23-11-3-6-19(23)13-22-24-14-16-5-2-1-4-15(16)12-21/h1-11,13H,14H2/b22-13-. The summed E-state index contributed by atoms with van der Waals surface area (Å²) in [5.74, 6) is 0. The van der Waals surface area contributed by atoms with Crippen molar-refractivity contribution in [3.05, 3.63) is 87.3 Å². The molecule has 3 aromatic rings. The highest BCUT2D eigenvalue weighted by Gasteiger charge is 2.02. The maximum absolute atomic E-state index is 9.06. The summed E-state index contributed by atoms with van der Waals surface area (Å²) in [6.45, 7) is 0.268. The minimum absolute atomic E-state index is 0.268. The highest BCUT2D eigenvalue weighted by Crippen LogP contribution is 2.14. The van der Waals surface area contributed by atoms with Crippen LogP contribution < -0.4 is 0 Å². The van der Waals surface area contributed by atoms with Gasteiger partial charge in [-0.2, -0.15) is 5.26 Å². The Morgan fingerprint density at radius 2 is 1.88 bits per heavy atom. The summed E-state index contributed by atoms with van der Waals surface area (Å²) in [4.78, 5) is 5.35. The molecular weight excluding hydrogens is 413 g/mol. The van der Waals surface area contributed by atoms with Gasteiger partial charge in [0, 0.05) is 21.0 Å². The van der Waals surface area contributed by atoms with Gasteiger partial charge in [0.25, 0.3) is 0 Å². The Kier molecular flexibility index (Phi) is 5.29. The van der Waals surface area contributed by atoms with Crippen LogP contribution in [0.3, 0.4) is 0 Å². The van der Waals surface area contributed by atoms with Gasteiger partial charge in [-0.25, -0.2) is 0 Å². The van der Waals surface area contributed by atoms with Crippen molar-refractivity contribution in [2.45, 2.75) is 6.61 Å². The van der Waals surface area contributed by atoms with Crippen LogP contribution in [0, 0.1) is 14.9 Å². The fourth-order valence-corrected chi connectivity index (χ4v) is 2.65. The number of hydrogen-bond acceptors (Lipinski definition) is 3. The van der Waals surface area contributed by atoms with Crippen molar-refractivity contribution >= 4 is 28.8 Å². The lowest BCUT2D eigenvalue weighted by Gasteiger charge is -2.06. The number of rotatable bonds is 5. The van der Waals surface area contributed by atoms with Gasteiger partial charge in [-0.05, 0) is 65.1 Å². The van der Waals surface area contributed by atoms with Crippen molar-refractivity contribution in [1.29, 1.82) is 5.26 Å². The van der Waals surface area contributed by atoms with E-state index >= 15 is 0 Å². The molecule has 0 amide bonds. The van der Waals surface area contributed by atoms with Crippen molar-refractivity contribution in [1.82, 2.24) is 4.57 Å². The molecule has 0 fully saturated rings. The van der Waals surface area contributed by atoms with E-state index in [1.54, 1.807) is 12.3 Å². The molecule has 4 nitrogen and oxygen atoms in total. The van der Waals surface area contributed by atoms with Crippen molar-refractivity contribution in [2.75, 3.05) is 0 Å². The molecule has 0 aliphatic rings. The Morgan fingerprint density at radius 3 is 2.67 bits per heavy atom. The van der Waals surface area contributed by atoms with Gasteiger partial charge >= 0.3 is 0 Å². The number of nitrogens with zero attached hydrogens (tertiary/aromatic N) is 3. The van der Waals surface area contributed by atoms with E-state index in [2.05, 4.69) is 58.1 Å². The molecule has 0 unspecified atom stereocenters. The minimum atomic E-state index is 0.268. The molecular formula is C19H14IN3O. The number of halogens is 1. The molecule has 3 rings (SSSR count). The SMILES string of the molecule is N#Cc1ccccc1CO/N=C\c1cccn1-c1ccc(I)cc1. The Bertz CT molecular complexity index is 891.